The fourth-order valence-corrected chi connectivity index (χ4v) is 2.91. The first-order valence-electron chi connectivity index (χ1n) is 7.04. The third-order valence-electron chi connectivity index (χ3n) is 4.25. The maximum Gasteiger partial charge on any atom is 0.00421 e. The third-order valence-corrected chi connectivity index (χ3v) is 4.25. The lowest BCUT2D eigenvalue weighted by Gasteiger charge is -2.38. The predicted octanol–water partition coefficient (Wildman–Crippen LogP) is 2.84. The molecule has 16 heavy (non-hydrogen) atoms. The fourth-order valence-electron chi connectivity index (χ4n) is 2.91. The molecule has 0 bridgehead atoms. The maximum atomic E-state index is 2.66. The molecule has 2 nitrogen and oxygen atoms in total. The molecule has 2 aliphatic rings. The molecule has 2 heteroatoms. The summed E-state index contributed by atoms with van der Waals surface area (Å²) in [5.41, 5.74) is 0.691. The van der Waals surface area contributed by atoms with Gasteiger partial charge in [0, 0.05) is 12.6 Å². The largest absolute Gasteiger partial charge is 0.306 e. The minimum atomic E-state index is 0.691. The van der Waals surface area contributed by atoms with Crippen molar-refractivity contribution >= 4 is 0 Å². The van der Waals surface area contributed by atoms with Crippen molar-refractivity contribution in [1.29, 1.82) is 0 Å². The van der Waals surface area contributed by atoms with E-state index in [2.05, 4.69) is 30.7 Å². The van der Waals surface area contributed by atoms with Crippen molar-refractivity contribution in [1.82, 2.24) is 9.80 Å². The average Bonchev–Trinajstić information content (AvgIpc) is 2.71. The normalized spacial score (nSPS) is 25.9. The average molecular weight is 226 g/mol. The Hall–Kier alpha value is -0.0800. The lowest BCUT2D eigenvalue weighted by Crippen LogP contribution is -2.40. The second kappa shape index (κ2) is 6.02. The van der Waals surface area contributed by atoms with Gasteiger partial charge in [-0.25, -0.2) is 0 Å². The molecule has 0 aliphatic carbocycles. The van der Waals surface area contributed by atoms with Gasteiger partial charge in [-0.3, -0.25) is 0 Å². The first-order valence-corrected chi connectivity index (χ1v) is 7.04. The third kappa shape index (κ3) is 3.21. The zero-order valence-corrected chi connectivity index (χ0v) is 11.9. The van der Waals surface area contributed by atoms with Crippen LogP contribution >= 0.6 is 0 Å². The number of hydrogen-bond acceptors (Lipinski definition) is 2. The van der Waals surface area contributed by atoms with Crippen LogP contribution < -0.4 is 0 Å². The fraction of sp³-hybridized carbons (Fsp3) is 1.00. The Morgan fingerprint density at radius 2 is 1.44 bits per heavy atom. The zero-order chi connectivity index (χ0) is 12.2. The summed E-state index contributed by atoms with van der Waals surface area (Å²) >= 11 is 0. The lowest BCUT2D eigenvalue weighted by molar-refractivity contribution is 0.120. The van der Waals surface area contributed by atoms with Gasteiger partial charge in [0.25, 0.3) is 0 Å². The molecule has 2 aliphatic heterocycles. The van der Waals surface area contributed by atoms with Gasteiger partial charge in [0.1, 0.15) is 0 Å². The van der Waals surface area contributed by atoms with Crippen molar-refractivity contribution in [3.05, 3.63) is 0 Å². The number of likely N-dealkylation sites (tertiary alicyclic amines) is 2. The highest BCUT2D eigenvalue weighted by Crippen LogP contribution is 2.40. The van der Waals surface area contributed by atoms with Crippen LogP contribution in [0.2, 0.25) is 0 Å². The van der Waals surface area contributed by atoms with Crippen molar-refractivity contribution in [2.75, 3.05) is 33.2 Å². The molecule has 0 N–H and O–H groups in total. The van der Waals surface area contributed by atoms with Crippen molar-refractivity contribution < 1.29 is 0 Å². The molecule has 2 fully saturated rings. The summed E-state index contributed by atoms with van der Waals surface area (Å²) < 4.78 is 0. The highest BCUT2D eigenvalue weighted by Gasteiger charge is 2.40. The molecule has 0 atom stereocenters. The van der Waals surface area contributed by atoms with Gasteiger partial charge in [0.15, 0.2) is 0 Å². The second-order valence-electron chi connectivity index (χ2n) is 5.62. The maximum absolute atomic E-state index is 2.66. The van der Waals surface area contributed by atoms with Crippen LogP contribution in [0.5, 0.6) is 0 Å². The van der Waals surface area contributed by atoms with E-state index in [0.29, 0.717) is 5.41 Å². The summed E-state index contributed by atoms with van der Waals surface area (Å²) in [6.45, 7) is 14.0. The summed E-state index contributed by atoms with van der Waals surface area (Å²) in [7, 11) is 2.25. The van der Waals surface area contributed by atoms with E-state index in [9.17, 15) is 0 Å². The predicted molar refractivity (Wildman–Crippen MR) is 71.8 cm³/mol. The molecule has 0 unspecified atom stereocenters. The highest BCUT2D eigenvalue weighted by molar-refractivity contribution is 4.94. The first kappa shape index (κ1) is 14.0. The Morgan fingerprint density at radius 1 is 0.938 bits per heavy atom. The van der Waals surface area contributed by atoms with E-state index in [1.54, 1.807) is 0 Å². The molecule has 0 radical (unpaired) electrons. The monoisotopic (exact) mass is 226 g/mol. The van der Waals surface area contributed by atoms with Crippen molar-refractivity contribution in [2.45, 2.75) is 53.0 Å². The van der Waals surface area contributed by atoms with E-state index in [1.165, 1.54) is 45.4 Å². The van der Waals surface area contributed by atoms with Crippen LogP contribution in [0.25, 0.3) is 0 Å². The van der Waals surface area contributed by atoms with E-state index in [-0.39, 0.29) is 0 Å². The molecule has 1 spiro atoms. The van der Waals surface area contributed by atoms with Gasteiger partial charge >= 0.3 is 0 Å². The lowest BCUT2D eigenvalue weighted by atomic mass is 9.78. The summed E-state index contributed by atoms with van der Waals surface area (Å²) in [6.07, 6.45) is 4.29. The molecular formula is C14H30N2. The van der Waals surface area contributed by atoms with E-state index in [4.69, 9.17) is 0 Å². The van der Waals surface area contributed by atoms with Crippen LogP contribution in [0.15, 0.2) is 0 Å². The van der Waals surface area contributed by atoms with Crippen LogP contribution in [0, 0.1) is 5.41 Å². The summed E-state index contributed by atoms with van der Waals surface area (Å²) in [6, 6.07) is 0.744. The molecule has 2 heterocycles. The molecule has 0 saturated carbocycles. The van der Waals surface area contributed by atoms with Crippen LogP contribution in [-0.2, 0) is 0 Å². The van der Waals surface area contributed by atoms with Crippen molar-refractivity contribution in [3.8, 4) is 0 Å². The second-order valence-corrected chi connectivity index (χ2v) is 5.62. The van der Waals surface area contributed by atoms with E-state index in [1.807, 2.05) is 13.8 Å². The number of nitrogens with zero attached hydrogens (tertiary/aromatic N) is 2. The van der Waals surface area contributed by atoms with Crippen LogP contribution in [-0.4, -0.2) is 49.1 Å². The summed E-state index contributed by atoms with van der Waals surface area (Å²) in [4.78, 5) is 5.13. The highest BCUT2D eigenvalue weighted by atomic mass is 15.2. The van der Waals surface area contributed by atoms with Crippen molar-refractivity contribution in [2.24, 2.45) is 5.41 Å². The van der Waals surface area contributed by atoms with Crippen molar-refractivity contribution in [3.63, 3.8) is 0 Å². The van der Waals surface area contributed by atoms with E-state index >= 15 is 0 Å². The first-order chi connectivity index (χ1) is 7.61. The zero-order valence-electron chi connectivity index (χ0n) is 11.9. The van der Waals surface area contributed by atoms with E-state index in [0.717, 1.165) is 6.04 Å². The van der Waals surface area contributed by atoms with Crippen LogP contribution in [0.1, 0.15) is 47.0 Å². The van der Waals surface area contributed by atoms with Gasteiger partial charge in [0.2, 0.25) is 0 Å². The topological polar surface area (TPSA) is 6.48 Å². The Morgan fingerprint density at radius 3 is 1.88 bits per heavy atom. The van der Waals surface area contributed by atoms with Gasteiger partial charge in [-0.1, -0.05) is 13.8 Å². The quantitative estimate of drug-likeness (QED) is 0.678. The Balaban J connectivity index is 0.000000606. The minimum Gasteiger partial charge on any atom is -0.306 e. The smallest absolute Gasteiger partial charge is 0.00421 e. The Bertz CT molecular complexity index is 193. The van der Waals surface area contributed by atoms with Crippen LogP contribution in [0.3, 0.4) is 0 Å². The number of rotatable bonds is 1. The van der Waals surface area contributed by atoms with Gasteiger partial charge in [-0.2, -0.15) is 0 Å². The van der Waals surface area contributed by atoms with Gasteiger partial charge in [-0.05, 0) is 65.2 Å². The molecule has 2 rings (SSSR count). The summed E-state index contributed by atoms with van der Waals surface area (Å²) in [5, 5.41) is 0. The van der Waals surface area contributed by atoms with Gasteiger partial charge < -0.3 is 9.80 Å². The molecule has 0 aromatic carbocycles. The SMILES string of the molecule is CC.CC(C)N1CCC2(CCN(C)CC2)C1. The standard InChI is InChI=1S/C12H24N2.C2H6/c1-11(2)14-9-6-12(10-14)4-7-13(3)8-5-12;1-2/h11H,4-10H2,1-3H3;1-2H3. The Kier molecular flexibility index (Phi) is 5.26. The molecule has 96 valence electrons. The molecule has 0 amide bonds. The number of hydrogen-bond donors (Lipinski definition) is 0. The molecule has 0 aromatic rings. The molecular weight excluding hydrogens is 196 g/mol. The Labute approximate surface area is 102 Å². The minimum absolute atomic E-state index is 0.691. The van der Waals surface area contributed by atoms with E-state index < -0.39 is 0 Å². The molecule has 2 saturated heterocycles. The van der Waals surface area contributed by atoms with Crippen LogP contribution in [0.4, 0.5) is 0 Å². The number of piperidine rings is 1. The molecule has 0 aromatic heterocycles. The summed E-state index contributed by atoms with van der Waals surface area (Å²) in [5.74, 6) is 0. The van der Waals surface area contributed by atoms with Gasteiger partial charge in [-0.15, -0.1) is 0 Å². The van der Waals surface area contributed by atoms with Gasteiger partial charge in [0.05, 0.1) is 0 Å².